The smallest absolute Gasteiger partial charge is 0.274 e. The molecule has 0 atom stereocenters. The van der Waals surface area contributed by atoms with E-state index >= 15 is 0 Å². The zero-order valence-electron chi connectivity index (χ0n) is 17.7. The summed E-state index contributed by atoms with van der Waals surface area (Å²) in [5, 5.41) is 12.8. The number of carbonyl (C=O) groups excluding carboxylic acids is 1. The van der Waals surface area contributed by atoms with Crippen LogP contribution < -0.4 is 10.9 Å². The van der Waals surface area contributed by atoms with Gasteiger partial charge in [0.2, 0.25) is 0 Å². The quantitative estimate of drug-likeness (QED) is 0.503. The van der Waals surface area contributed by atoms with Crippen molar-refractivity contribution >= 4 is 16.7 Å². The largest absolute Gasteiger partial charge is 0.350 e. The molecule has 31 heavy (non-hydrogen) atoms. The maximum Gasteiger partial charge on any atom is 0.274 e. The van der Waals surface area contributed by atoms with Gasteiger partial charge in [0.15, 0.2) is 5.69 Å². The minimum Gasteiger partial charge on any atom is -0.350 e. The summed E-state index contributed by atoms with van der Waals surface area (Å²) in [6.45, 7) is 4.93. The molecule has 0 aliphatic carbocycles. The fourth-order valence-electron chi connectivity index (χ4n) is 3.49. The van der Waals surface area contributed by atoms with E-state index in [2.05, 4.69) is 15.5 Å². The van der Waals surface area contributed by atoms with E-state index in [9.17, 15) is 9.59 Å². The van der Waals surface area contributed by atoms with Gasteiger partial charge in [-0.25, -0.2) is 9.36 Å². The van der Waals surface area contributed by atoms with Crippen molar-refractivity contribution < 1.29 is 4.79 Å². The van der Waals surface area contributed by atoms with Crippen LogP contribution in [0.15, 0.2) is 71.8 Å². The average Bonchev–Trinajstić information content (AvgIpc) is 3.25. The van der Waals surface area contributed by atoms with Crippen LogP contribution in [-0.4, -0.2) is 32.0 Å². The van der Waals surface area contributed by atoms with Crippen molar-refractivity contribution in [1.82, 2.24) is 24.9 Å². The van der Waals surface area contributed by atoms with Crippen LogP contribution in [0, 0.1) is 5.92 Å². The van der Waals surface area contributed by atoms with E-state index in [4.69, 9.17) is 0 Å². The zero-order valence-corrected chi connectivity index (χ0v) is 17.7. The van der Waals surface area contributed by atoms with Gasteiger partial charge >= 0.3 is 0 Å². The molecule has 158 valence electrons. The minimum atomic E-state index is -0.288. The summed E-state index contributed by atoms with van der Waals surface area (Å²) < 4.78 is 3.21. The van der Waals surface area contributed by atoms with Crippen LogP contribution in [0.5, 0.6) is 0 Å². The lowest BCUT2D eigenvalue weighted by Gasteiger charge is -2.12. The van der Waals surface area contributed by atoms with E-state index < -0.39 is 0 Å². The van der Waals surface area contributed by atoms with Crippen LogP contribution >= 0.6 is 0 Å². The van der Waals surface area contributed by atoms with Gasteiger partial charge in [-0.05, 0) is 36.1 Å². The number of nitrogens with zero attached hydrogens (tertiary/aromatic N) is 4. The minimum absolute atomic E-state index is 0.172. The van der Waals surface area contributed by atoms with E-state index in [-0.39, 0.29) is 23.1 Å². The molecular formula is C24H25N5O2. The highest BCUT2D eigenvalue weighted by Crippen LogP contribution is 2.14. The second-order valence-corrected chi connectivity index (χ2v) is 7.91. The van der Waals surface area contributed by atoms with E-state index in [1.165, 1.54) is 4.68 Å². The molecule has 0 aliphatic rings. The van der Waals surface area contributed by atoms with Crippen molar-refractivity contribution in [1.29, 1.82) is 0 Å². The van der Waals surface area contributed by atoms with Crippen LogP contribution in [0.25, 0.3) is 16.5 Å². The van der Waals surface area contributed by atoms with Gasteiger partial charge in [-0.1, -0.05) is 50.2 Å². The molecule has 0 spiro atoms. The number of hydrogen-bond donors (Lipinski definition) is 1. The zero-order chi connectivity index (χ0) is 21.8. The third-order valence-electron chi connectivity index (χ3n) is 4.98. The fourth-order valence-corrected chi connectivity index (χ4v) is 3.49. The molecule has 2 aromatic carbocycles. The SMILES string of the molecule is CC(C)Cn1nc(C(=O)NCCc2cnn(-c3ccccc3)c2)c2ccccc2c1=O. The number of para-hydroxylation sites is 1. The Kier molecular flexibility index (Phi) is 5.93. The molecule has 2 heterocycles. The molecule has 7 nitrogen and oxygen atoms in total. The molecule has 0 bridgehead atoms. The van der Waals surface area contributed by atoms with Gasteiger partial charge in [0.1, 0.15) is 0 Å². The normalized spacial score (nSPS) is 11.2. The predicted molar refractivity (Wildman–Crippen MR) is 120 cm³/mol. The van der Waals surface area contributed by atoms with Crippen LogP contribution in [0.2, 0.25) is 0 Å². The number of fused-ring (bicyclic) bond motifs is 1. The first-order chi connectivity index (χ1) is 15.0. The molecule has 2 aromatic heterocycles. The Morgan fingerprint density at radius 2 is 1.74 bits per heavy atom. The molecule has 1 amide bonds. The second kappa shape index (κ2) is 8.95. The lowest BCUT2D eigenvalue weighted by molar-refractivity contribution is 0.0948. The number of carbonyl (C=O) groups is 1. The number of aromatic nitrogens is 4. The summed E-state index contributed by atoms with van der Waals surface area (Å²) >= 11 is 0. The van der Waals surface area contributed by atoms with Gasteiger partial charge in [0, 0.05) is 24.7 Å². The van der Waals surface area contributed by atoms with Crippen LogP contribution in [-0.2, 0) is 13.0 Å². The molecule has 0 unspecified atom stereocenters. The van der Waals surface area contributed by atoms with Crippen LogP contribution in [0.3, 0.4) is 0 Å². The summed E-state index contributed by atoms with van der Waals surface area (Å²) in [7, 11) is 0. The van der Waals surface area contributed by atoms with Crippen molar-refractivity contribution in [3.05, 3.63) is 88.6 Å². The van der Waals surface area contributed by atoms with E-state index in [0.29, 0.717) is 30.3 Å². The molecule has 4 aromatic rings. The highest BCUT2D eigenvalue weighted by Gasteiger charge is 2.17. The van der Waals surface area contributed by atoms with Gasteiger partial charge in [-0.15, -0.1) is 0 Å². The average molecular weight is 415 g/mol. The van der Waals surface area contributed by atoms with Crippen molar-refractivity contribution in [2.24, 2.45) is 5.92 Å². The third-order valence-corrected chi connectivity index (χ3v) is 4.98. The van der Waals surface area contributed by atoms with Crippen LogP contribution in [0.1, 0.15) is 29.9 Å². The summed E-state index contributed by atoms with van der Waals surface area (Å²) in [5.74, 6) is -0.0485. The predicted octanol–water partition coefficient (Wildman–Crippen LogP) is 3.21. The van der Waals surface area contributed by atoms with Gasteiger partial charge in [-0.3, -0.25) is 9.59 Å². The topological polar surface area (TPSA) is 81.8 Å². The molecule has 0 saturated carbocycles. The second-order valence-electron chi connectivity index (χ2n) is 7.91. The Bertz CT molecular complexity index is 1260. The molecule has 0 radical (unpaired) electrons. The van der Waals surface area contributed by atoms with Crippen molar-refractivity contribution in [3.8, 4) is 5.69 Å². The maximum atomic E-state index is 12.9. The number of amides is 1. The lowest BCUT2D eigenvalue weighted by atomic mass is 10.1. The fraction of sp³-hybridized carbons (Fsp3) is 0.250. The van der Waals surface area contributed by atoms with Crippen molar-refractivity contribution in [3.63, 3.8) is 0 Å². The van der Waals surface area contributed by atoms with Gasteiger partial charge in [0.25, 0.3) is 11.5 Å². The molecular weight excluding hydrogens is 390 g/mol. The number of hydrogen-bond acceptors (Lipinski definition) is 4. The Balaban J connectivity index is 1.49. The lowest BCUT2D eigenvalue weighted by Crippen LogP contribution is -2.32. The first kappa shape index (κ1) is 20.5. The molecule has 0 aliphatic heterocycles. The summed E-state index contributed by atoms with van der Waals surface area (Å²) in [6.07, 6.45) is 4.40. The van der Waals surface area contributed by atoms with E-state index in [1.807, 2.05) is 61.1 Å². The number of rotatable bonds is 7. The van der Waals surface area contributed by atoms with Crippen molar-refractivity contribution in [2.75, 3.05) is 6.54 Å². The maximum absolute atomic E-state index is 12.9. The third kappa shape index (κ3) is 4.55. The first-order valence-corrected chi connectivity index (χ1v) is 10.4. The summed E-state index contributed by atoms with van der Waals surface area (Å²) in [4.78, 5) is 25.6. The Labute approximate surface area is 180 Å². The summed E-state index contributed by atoms with van der Waals surface area (Å²) in [6, 6.07) is 17.0. The Hall–Kier alpha value is -3.74. The highest BCUT2D eigenvalue weighted by atomic mass is 16.2. The van der Waals surface area contributed by atoms with Crippen LogP contribution in [0.4, 0.5) is 0 Å². The molecule has 0 saturated heterocycles. The van der Waals surface area contributed by atoms with Gasteiger partial charge in [-0.2, -0.15) is 10.2 Å². The van der Waals surface area contributed by atoms with Gasteiger partial charge in [0.05, 0.1) is 17.3 Å². The van der Waals surface area contributed by atoms with Crippen molar-refractivity contribution in [2.45, 2.75) is 26.8 Å². The molecule has 4 rings (SSSR count). The summed E-state index contributed by atoms with van der Waals surface area (Å²) in [5.41, 5.74) is 2.11. The highest BCUT2D eigenvalue weighted by molar-refractivity contribution is 6.04. The number of nitrogens with one attached hydrogen (secondary N) is 1. The monoisotopic (exact) mass is 415 g/mol. The standard InChI is InChI=1S/C24H25N5O2/c1-17(2)15-29-24(31)21-11-7-6-10-20(21)22(27-29)23(30)25-13-12-18-14-26-28(16-18)19-8-4-3-5-9-19/h3-11,14,16-17H,12-13,15H2,1-2H3,(H,25,30). The molecule has 7 heteroatoms. The van der Waals surface area contributed by atoms with E-state index in [1.54, 1.807) is 24.4 Å². The molecule has 1 N–H and O–H groups in total. The Morgan fingerprint density at radius 3 is 2.48 bits per heavy atom. The van der Waals surface area contributed by atoms with E-state index in [0.717, 1.165) is 11.3 Å². The van der Waals surface area contributed by atoms with Gasteiger partial charge < -0.3 is 5.32 Å². The first-order valence-electron chi connectivity index (χ1n) is 10.4. The number of benzene rings is 2. The Morgan fingerprint density at radius 1 is 1.03 bits per heavy atom. The molecule has 0 fully saturated rings.